The molecular formula is C25H30N2O4. The van der Waals surface area contributed by atoms with Gasteiger partial charge in [-0.15, -0.1) is 0 Å². The van der Waals surface area contributed by atoms with Crippen LogP contribution in [-0.2, 0) is 16.1 Å². The fourth-order valence-electron chi connectivity index (χ4n) is 3.81. The first-order valence-corrected chi connectivity index (χ1v) is 10.5. The molecule has 1 heterocycles. The van der Waals surface area contributed by atoms with Crippen LogP contribution in [0.5, 0.6) is 11.5 Å². The lowest BCUT2D eigenvalue weighted by Gasteiger charge is -2.33. The van der Waals surface area contributed by atoms with Crippen LogP contribution in [0.4, 0.5) is 0 Å². The van der Waals surface area contributed by atoms with Crippen molar-refractivity contribution in [2.24, 2.45) is 5.92 Å². The number of amides is 2. The van der Waals surface area contributed by atoms with Gasteiger partial charge in [0, 0.05) is 50.3 Å². The van der Waals surface area contributed by atoms with Crippen molar-refractivity contribution in [3.8, 4) is 11.5 Å². The molecule has 164 valence electrons. The lowest BCUT2D eigenvalue weighted by atomic mass is 9.95. The standard InChI is InChI=1S/C25H30N2O4/c1-26(18-21-10-11-22(30-2)17-23(21)31-3)25(29)20-13-15-27(16-14-20)24(28)12-9-19-7-5-4-6-8-19/h4-12,17,20H,13-16,18H2,1-3H3/b12-9+. The van der Waals surface area contributed by atoms with Gasteiger partial charge in [-0.1, -0.05) is 30.3 Å². The Morgan fingerprint density at radius 1 is 1.06 bits per heavy atom. The van der Waals surface area contributed by atoms with Crippen molar-refractivity contribution in [3.63, 3.8) is 0 Å². The highest BCUT2D eigenvalue weighted by Gasteiger charge is 2.28. The van der Waals surface area contributed by atoms with Crippen molar-refractivity contribution < 1.29 is 19.1 Å². The van der Waals surface area contributed by atoms with Gasteiger partial charge in [-0.25, -0.2) is 0 Å². The van der Waals surface area contributed by atoms with E-state index in [1.807, 2.05) is 66.6 Å². The molecule has 0 N–H and O–H groups in total. The first-order valence-electron chi connectivity index (χ1n) is 10.5. The maximum atomic E-state index is 13.0. The number of carbonyl (C=O) groups excluding carboxylic acids is 2. The second-order valence-electron chi connectivity index (χ2n) is 7.72. The molecule has 0 radical (unpaired) electrons. The van der Waals surface area contributed by atoms with Gasteiger partial charge in [0.05, 0.1) is 14.2 Å². The monoisotopic (exact) mass is 422 g/mol. The van der Waals surface area contributed by atoms with Gasteiger partial charge in [-0.05, 0) is 36.6 Å². The topological polar surface area (TPSA) is 59.1 Å². The van der Waals surface area contributed by atoms with Gasteiger partial charge in [-0.2, -0.15) is 0 Å². The van der Waals surface area contributed by atoms with E-state index in [4.69, 9.17) is 9.47 Å². The zero-order valence-electron chi connectivity index (χ0n) is 18.4. The van der Waals surface area contributed by atoms with E-state index in [1.165, 1.54) is 0 Å². The number of likely N-dealkylation sites (tertiary alicyclic amines) is 1. The number of benzene rings is 2. The van der Waals surface area contributed by atoms with Crippen molar-refractivity contribution in [1.82, 2.24) is 9.80 Å². The fraction of sp³-hybridized carbons (Fsp3) is 0.360. The maximum Gasteiger partial charge on any atom is 0.246 e. The van der Waals surface area contributed by atoms with Crippen LogP contribution in [-0.4, -0.2) is 56.0 Å². The zero-order chi connectivity index (χ0) is 22.2. The molecule has 0 saturated carbocycles. The Morgan fingerprint density at radius 2 is 1.77 bits per heavy atom. The Morgan fingerprint density at radius 3 is 2.42 bits per heavy atom. The van der Waals surface area contributed by atoms with Crippen molar-refractivity contribution in [3.05, 3.63) is 65.7 Å². The molecule has 0 aromatic heterocycles. The van der Waals surface area contributed by atoms with Crippen molar-refractivity contribution in [1.29, 1.82) is 0 Å². The minimum atomic E-state index is -0.0728. The highest BCUT2D eigenvalue weighted by Crippen LogP contribution is 2.27. The molecular weight excluding hydrogens is 392 g/mol. The van der Waals surface area contributed by atoms with Crippen LogP contribution >= 0.6 is 0 Å². The van der Waals surface area contributed by atoms with Crippen molar-refractivity contribution in [2.75, 3.05) is 34.4 Å². The highest BCUT2D eigenvalue weighted by atomic mass is 16.5. The van der Waals surface area contributed by atoms with Crippen LogP contribution in [0.1, 0.15) is 24.0 Å². The minimum absolute atomic E-state index is 0.00826. The van der Waals surface area contributed by atoms with E-state index in [1.54, 1.807) is 25.2 Å². The number of rotatable bonds is 7. The maximum absolute atomic E-state index is 13.0. The molecule has 2 amide bonds. The molecule has 0 unspecified atom stereocenters. The number of hydrogen-bond acceptors (Lipinski definition) is 4. The molecule has 0 aliphatic carbocycles. The van der Waals surface area contributed by atoms with Gasteiger partial charge >= 0.3 is 0 Å². The summed E-state index contributed by atoms with van der Waals surface area (Å²) < 4.78 is 10.7. The third-order valence-electron chi connectivity index (χ3n) is 5.65. The van der Waals surface area contributed by atoms with Crippen LogP contribution in [0, 0.1) is 5.92 Å². The number of nitrogens with zero attached hydrogens (tertiary/aromatic N) is 2. The molecule has 3 rings (SSSR count). The van der Waals surface area contributed by atoms with Crippen LogP contribution < -0.4 is 9.47 Å². The summed E-state index contributed by atoms with van der Waals surface area (Å²) in [5.41, 5.74) is 1.93. The summed E-state index contributed by atoms with van der Waals surface area (Å²) in [7, 11) is 5.03. The summed E-state index contributed by atoms with van der Waals surface area (Å²) >= 11 is 0. The molecule has 6 heteroatoms. The summed E-state index contributed by atoms with van der Waals surface area (Å²) in [6.45, 7) is 1.65. The Labute approximate surface area is 184 Å². The molecule has 1 aliphatic rings. The van der Waals surface area contributed by atoms with Crippen LogP contribution in [0.15, 0.2) is 54.6 Å². The first kappa shape index (κ1) is 22.4. The number of piperidine rings is 1. The molecule has 1 aliphatic heterocycles. The zero-order valence-corrected chi connectivity index (χ0v) is 18.4. The summed E-state index contributed by atoms with van der Waals surface area (Å²) in [6.07, 6.45) is 4.79. The number of ether oxygens (including phenoxy) is 2. The predicted octanol–water partition coefficient (Wildman–Crippen LogP) is 3.61. The van der Waals surface area contributed by atoms with Gasteiger partial charge in [-0.3, -0.25) is 9.59 Å². The normalized spacial score (nSPS) is 14.5. The summed E-state index contributed by atoms with van der Waals surface area (Å²) in [5, 5.41) is 0. The Balaban J connectivity index is 1.52. The van der Waals surface area contributed by atoms with E-state index in [9.17, 15) is 9.59 Å². The molecule has 1 saturated heterocycles. The molecule has 1 fully saturated rings. The number of carbonyl (C=O) groups is 2. The third kappa shape index (κ3) is 5.87. The summed E-state index contributed by atoms with van der Waals surface area (Å²) in [4.78, 5) is 29.0. The van der Waals surface area contributed by atoms with Gasteiger partial charge in [0.2, 0.25) is 11.8 Å². The predicted molar refractivity (Wildman–Crippen MR) is 121 cm³/mol. The average molecular weight is 423 g/mol. The summed E-state index contributed by atoms with van der Waals surface area (Å²) in [5.74, 6) is 1.44. The fourth-order valence-corrected chi connectivity index (χ4v) is 3.81. The van der Waals surface area contributed by atoms with E-state index < -0.39 is 0 Å². The molecule has 0 bridgehead atoms. The number of hydrogen-bond donors (Lipinski definition) is 0. The first-order chi connectivity index (χ1) is 15.0. The van der Waals surface area contributed by atoms with Gasteiger partial charge in [0.15, 0.2) is 0 Å². The number of methoxy groups -OCH3 is 2. The molecule has 2 aromatic rings. The van der Waals surface area contributed by atoms with E-state index in [0.29, 0.717) is 44.0 Å². The lowest BCUT2D eigenvalue weighted by molar-refractivity contribution is -0.138. The van der Waals surface area contributed by atoms with E-state index in [0.717, 1.165) is 11.1 Å². The molecule has 0 atom stereocenters. The molecule has 0 spiro atoms. The van der Waals surface area contributed by atoms with Gasteiger partial charge in [0.25, 0.3) is 0 Å². The second-order valence-corrected chi connectivity index (χ2v) is 7.72. The highest BCUT2D eigenvalue weighted by molar-refractivity contribution is 5.92. The van der Waals surface area contributed by atoms with Crippen LogP contribution in [0.3, 0.4) is 0 Å². The minimum Gasteiger partial charge on any atom is -0.497 e. The van der Waals surface area contributed by atoms with E-state index in [2.05, 4.69) is 0 Å². The third-order valence-corrected chi connectivity index (χ3v) is 5.65. The van der Waals surface area contributed by atoms with Crippen LogP contribution in [0.25, 0.3) is 6.08 Å². The Hall–Kier alpha value is -3.28. The van der Waals surface area contributed by atoms with Gasteiger partial charge < -0.3 is 19.3 Å². The summed E-state index contributed by atoms with van der Waals surface area (Å²) in [6, 6.07) is 15.4. The molecule has 31 heavy (non-hydrogen) atoms. The smallest absolute Gasteiger partial charge is 0.246 e. The lowest BCUT2D eigenvalue weighted by Crippen LogP contribution is -2.42. The van der Waals surface area contributed by atoms with E-state index in [-0.39, 0.29) is 17.7 Å². The Kier molecular flexibility index (Phi) is 7.70. The SMILES string of the molecule is COc1ccc(CN(C)C(=O)C2CCN(C(=O)/C=C/c3ccccc3)CC2)c(OC)c1. The molecule has 2 aromatic carbocycles. The van der Waals surface area contributed by atoms with Crippen molar-refractivity contribution in [2.45, 2.75) is 19.4 Å². The van der Waals surface area contributed by atoms with E-state index >= 15 is 0 Å². The quantitative estimate of drug-likeness (QED) is 0.640. The Bertz CT molecular complexity index is 918. The largest absolute Gasteiger partial charge is 0.497 e. The second kappa shape index (κ2) is 10.7. The van der Waals surface area contributed by atoms with Crippen LogP contribution in [0.2, 0.25) is 0 Å². The van der Waals surface area contributed by atoms with Crippen molar-refractivity contribution >= 4 is 17.9 Å². The average Bonchev–Trinajstić information content (AvgIpc) is 2.83. The van der Waals surface area contributed by atoms with Gasteiger partial charge in [0.1, 0.15) is 11.5 Å². The molecule has 6 nitrogen and oxygen atoms in total.